The molecule has 0 fully saturated rings. The minimum Gasteiger partial charge on any atom is -0.464 e. The summed E-state index contributed by atoms with van der Waals surface area (Å²) in [7, 11) is 1.40. The quantitative estimate of drug-likeness (QED) is 0.848. The van der Waals surface area contributed by atoms with Crippen LogP contribution in [0.15, 0.2) is 24.3 Å². The smallest absolute Gasteiger partial charge is 0.354 e. The number of benzene rings is 1. The van der Waals surface area contributed by atoms with Gasteiger partial charge in [0.15, 0.2) is 0 Å². The first-order chi connectivity index (χ1) is 10.1. The Morgan fingerprint density at radius 3 is 2.52 bits per heavy atom. The Hall–Kier alpha value is -2.29. The van der Waals surface area contributed by atoms with Gasteiger partial charge in [0.05, 0.1) is 7.11 Å². The molecule has 0 atom stereocenters. The maximum atomic E-state index is 11.6. The molecule has 0 spiro atoms. The summed E-state index contributed by atoms with van der Waals surface area (Å²) in [6.07, 6.45) is 4.18. The number of allylic oxidation sites excluding steroid dienone is 1. The van der Waals surface area contributed by atoms with Crippen LogP contribution in [0.4, 0.5) is 0 Å². The molecular weight excluding hydrogens is 262 g/mol. The minimum absolute atomic E-state index is 0.310. The third-order valence-electron chi connectivity index (χ3n) is 3.88. The van der Waals surface area contributed by atoms with Gasteiger partial charge in [-0.15, -0.1) is 0 Å². The van der Waals surface area contributed by atoms with E-state index in [1.807, 2.05) is 6.07 Å². The van der Waals surface area contributed by atoms with E-state index in [0.717, 1.165) is 24.1 Å². The number of esters is 1. The lowest BCUT2D eigenvalue weighted by molar-refractivity contribution is 0.0594. The lowest BCUT2D eigenvalue weighted by Crippen LogP contribution is -2.01. The second kappa shape index (κ2) is 5.24. The lowest BCUT2D eigenvalue weighted by Gasteiger charge is -2.02. The first-order valence-corrected chi connectivity index (χ1v) is 7.16. The van der Waals surface area contributed by atoms with Crippen molar-refractivity contribution >= 4 is 17.6 Å². The molecule has 0 unspecified atom stereocenters. The fourth-order valence-electron chi connectivity index (χ4n) is 3.04. The number of hydrogen-bond donors (Lipinski definition) is 1. The number of ether oxygens (including phenoxy) is 1. The fourth-order valence-corrected chi connectivity index (χ4v) is 3.04. The van der Waals surface area contributed by atoms with E-state index < -0.39 is 0 Å². The van der Waals surface area contributed by atoms with Crippen LogP contribution in [-0.4, -0.2) is 18.1 Å². The van der Waals surface area contributed by atoms with Crippen LogP contribution < -0.4 is 0 Å². The van der Waals surface area contributed by atoms with E-state index in [1.165, 1.54) is 29.4 Å². The standard InChI is InChI=1S/C18H19NO2/c1-11-6-12(2)8-13(7-11)9-14-4-5-16-15(14)10-17(19-16)18(20)21-3/h6-10,19H,4-5H2,1-3H3. The Morgan fingerprint density at radius 2 is 1.86 bits per heavy atom. The monoisotopic (exact) mass is 281 g/mol. The maximum Gasteiger partial charge on any atom is 0.354 e. The molecule has 3 heteroatoms. The second-order valence-electron chi connectivity index (χ2n) is 5.66. The molecule has 1 aromatic heterocycles. The molecule has 3 nitrogen and oxygen atoms in total. The molecule has 2 aromatic rings. The lowest BCUT2D eigenvalue weighted by atomic mass is 10.0. The molecule has 1 heterocycles. The van der Waals surface area contributed by atoms with Crippen LogP contribution in [0.2, 0.25) is 0 Å². The van der Waals surface area contributed by atoms with Gasteiger partial charge in [0, 0.05) is 5.69 Å². The number of nitrogens with one attached hydrogen (secondary N) is 1. The van der Waals surface area contributed by atoms with Gasteiger partial charge in [-0.2, -0.15) is 0 Å². The van der Waals surface area contributed by atoms with Crippen LogP contribution in [0.25, 0.3) is 11.6 Å². The third-order valence-corrected chi connectivity index (χ3v) is 3.88. The summed E-state index contributed by atoms with van der Waals surface area (Å²) < 4.78 is 4.77. The summed E-state index contributed by atoms with van der Waals surface area (Å²) >= 11 is 0. The molecule has 0 bridgehead atoms. The number of aryl methyl sites for hydroxylation is 3. The van der Waals surface area contributed by atoms with E-state index in [2.05, 4.69) is 43.1 Å². The summed E-state index contributed by atoms with van der Waals surface area (Å²) in [5.74, 6) is -0.310. The van der Waals surface area contributed by atoms with Crippen LogP contribution in [-0.2, 0) is 11.2 Å². The van der Waals surface area contributed by atoms with Crippen molar-refractivity contribution < 1.29 is 9.53 Å². The van der Waals surface area contributed by atoms with Crippen LogP contribution in [0.3, 0.4) is 0 Å². The van der Waals surface area contributed by atoms with E-state index >= 15 is 0 Å². The first kappa shape index (κ1) is 13.7. The number of H-pyrrole nitrogens is 1. The highest BCUT2D eigenvalue weighted by Gasteiger charge is 2.21. The Kier molecular flexibility index (Phi) is 3.42. The van der Waals surface area contributed by atoms with Gasteiger partial charge in [-0.1, -0.05) is 35.4 Å². The van der Waals surface area contributed by atoms with Crippen molar-refractivity contribution in [2.45, 2.75) is 26.7 Å². The van der Waals surface area contributed by atoms with Gasteiger partial charge in [0.25, 0.3) is 0 Å². The predicted molar refractivity (Wildman–Crippen MR) is 84.2 cm³/mol. The van der Waals surface area contributed by atoms with Crippen molar-refractivity contribution in [2.75, 3.05) is 7.11 Å². The Morgan fingerprint density at radius 1 is 1.14 bits per heavy atom. The number of carbonyl (C=O) groups excluding carboxylic acids is 1. The van der Waals surface area contributed by atoms with E-state index in [4.69, 9.17) is 4.74 Å². The van der Waals surface area contributed by atoms with Gasteiger partial charge in [-0.25, -0.2) is 4.79 Å². The van der Waals surface area contributed by atoms with Crippen molar-refractivity contribution in [3.05, 3.63) is 57.9 Å². The van der Waals surface area contributed by atoms with Crippen LogP contribution in [0.5, 0.6) is 0 Å². The molecule has 1 N–H and O–H groups in total. The molecular formula is C18H19NO2. The molecule has 0 saturated heterocycles. The van der Waals surface area contributed by atoms with Crippen molar-refractivity contribution in [3.8, 4) is 0 Å². The number of carbonyl (C=O) groups is 1. The molecule has 1 aliphatic carbocycles. The molecule has 0 amide bonds. The van der Waals surface area contributed by atoms with Crippen molar-refractivity contribution in [3.63, 3.8) is 0 Å². The molecule has 0 radical (unpaired) electrons. The van der Waals surface area contributed by atoms with E-state index in [1.54, 1.807) is 0 Å². The highest BCUT2D eigenvalue weighted by molar-refractivity contribution is 5.92. The SMILES string of the molecule is COC(=O)c1cc2c([nH]1)CCC2=Cc1cc(C)cc(C)c1. The van der Waals surface area contributed by atoms with Crippen molar-refractivity contribution in [2.24, 2.45) is 0 Å². The summed E-state index contributed by atoms with van der Waals surface area (Å²) in [5, 5.41) is 0. The molecule has 0 saturated carbocycles. The Bertz CT molecular complexity index is 717. The topological polar surface area (TPSA) is 42.1 Å². The average Bonchev–Trinajstić information content (AvgIpc) is 2.99. The van der Waals surface area contributed by atoms with E-state index in [0.29, 0.717) is 5.69 Å². The zero-order valence-electron chi connectivity index (χ0n) is 12.6. The zero-order chi connectivity index (χ0) is 15.0. The molecule has 0 aliphatic heterocycles. The third kappa shape index (κ3) is 2.64. The van der Waals surface area contributed by atoms with Crippen molar-refractivity contribution in [1.29, 1.82) is 0 Å². The number of fused-ring (bicyclic) bond motifs is 1. The number of aromatic amines is 1. The number of hydrogen-bond acceptors (Lipinski definition) is 2. The fraction of sp³-hybridized carbons (Fsp3) is 0.278. The van der Waals surface area contributed by atoms with Gasteiger partial charge in [0.2, 0.25) is 0 Å². The summed E-state index contributed by atoms with van der Waals surface area (Å²) in [4.78, 5) is 14.8. The Labute approximate surface area is 124 Å². The zero-order valence-corrected chi connectivity index (χ0v) is 12.6. The Balaban J connectivity index is 1.98. The van der Waals surface area contributed by atoms with Crippen molar-refractivity contribution in [1.82, 2.24) is 4.98 Å². The first-order valence-electron chi connectivity index (χ1n) is 7.16. The van der Waals surface area contributed by atoms with Gasteiger partial charge in [0.1, 0.15) is 5.69 Å². The van der Waals surface area contributed by atoms with Crippen LogP contribution in [0.1, 0.15) is 44.9 Å². The van der Waals surface area contributed by atoms with Gasteiger partial charge in [-0.3, -0.25) is 0 Å². The predicted octanol–water partition coefficient (Wildman–Crippen LogP) is 3.90. The molecule has 3 rings (SSSR count). The van der Waals surface area contributed by atoms with Gasteiger partial charge < -0.3 is 9.72 Å². The van der Waals surface area contributed by atoms with Crippen LogP contribution >= 0.6 is 0 Å². The largest absolute Gasteiger partial charge is 0.464 e. The number of rotatable bonds is 2. The molecule has 108 valence electrons. The van der Waals surface area contributed by atoms with Crippen LogP contribution in [0, 0.1) is 13.8 Å². The van der Waals surface area contributed by atoms with E-state index in [9.17, 15) is 4.79 Å². The molecule has 21 heavy (non-hydrogen) atoms. The van der Waals surface area contributed by atoms with Gasteiger partial charge in [-0.05, 0) is 49.5 Å². The summed E-state index contributed by atoms with van der Waals surface area (Å²) in [6.45, 7) is 4.22. The maximum absolute atomic E-state index is 11.6. The number of methoxy groups -OCH3 is 1. The second-order valence-corrected chi connectivity index (χ2v) is 5.66. The van der Waals surface area contributed by atoms with E-state index in [-0.39, 0.29) is 5.97 Å². The average molecular weight is 281 g/mol. The number of aromatic nitrogens is 1. The molecule has 1 aromatic carbocycles. The molecule has 1 aliphatic rings. The highest BCUT2D eigenvalue weighted by atomic mass is 16.5. The summed E-state index contributed by atoms with van der Waals surface area (Å²) in [6, 6.07) is 8.45. The minimum atomic E-state index is -0.310. The van der Waals surface area contributed by atoms with Gasteiger partial charge >= 0.3 is 5.97 Å². The normalized spacial score (nSPS) is 15.3. The highest BCUT2D eigenvalue weighted by Crippen LogP contribution is 2.34. The summed E-state index contributed by atoms with van der Waals surface area (Å²) in [5.41, 5.74) is 7.85.